The molecule has 2 aromatic carbocycles. The number of carbonyl (C=O) groups excluding carboxylic acids is 1. The second-order valence-corrected chi connectivity index (χ2v) is 6.25. The van der Waals surface area contributed by atoms with Gasteiger partial charge in [-0.15, -0.1) is 0 Å². The monoisotopic (exact) mass is 364 g/mol. The molecule has 1 aliphatic rings. The Balaban J connectivity index is 1.79. The molecule has 1 amide bonds. The van der Waals surface area contributed by atoms with E-state index in [0.29, 0.717) is 29.4 Å². The maximum absolute atomic E-state index is 13.2. The number of carbonyl (C=O) groups is 1. The number of benzene rings is 2. The van der Waals surface area contributed by atoms with Crippen molar-refractivity contribution in [2.75, 3.05) is 19.5 Å². The van der Waals surface area contributed by atoms with E-state index >= 15 is 0 Å². The summed E-state index contributed by atoms with van der Waals surface area (Å²) in [5, 5.41) is 3.46. The first-order valence-electron chi connectivity index (χ1n) is 8.61. The number of para-hydroxylation sites is 1. The summed E-state index contributed by atoms with van der Waals surface area (Å²) >= 11 is 0. The van der Waals surface area contributed by atoms with Crippen LogP contribution in [0.5, 0.6) is 11.5 Å². The zero-order valence-electron chi connectivity index (χ0n) is 15.1. The zero-order chi connectivity index (χ0) is 18.8. The molecule has 1 N–H and O–H groups in total. The molecule has 0 saturated carbocycles. The first-order chi connectivity index (χ1) is 13.2. The minimum absolute atomic E-state index is 0.0625. The van der Waals surface area contributed by atoms with Crippen LogP contribution in [0.3, 0.4) is 0 Å². The van der Waals surface area contributed by atoms with Crippen molar-refractivity contribution < 1.29 is 18.7 Å². The molecule has 0 bridgehead atoms. The maximum Gasteiger partial charge on any atom is 0.258 e. The Morgan fingerprint density at radius 2 is 1.78 bits per heavy atom. The summed E-state index contributed by atoms with van der Waals surface area (Å²) in [6.45, 7) is 0.345. The van der Waals surface area contributed by atoms with Gasteiger partial charge in [-0.05, 0) is 36.4 Å². The quantitative estimate of drug-likeness (QED) is 0.740. The third-order valence-corrected chi connectivity index (χ3v) is 4.62. The molecule has 0 unspecified atom stereocenters. The molecule has 6 nitrogen and oxygen atoms in total. The molecule has 27 heavy (non-hydrogen) atoms. The van der Waals surface area contributed by atoms with Crippen LogP contribution in [-0.4, -0.2) is 25.0 Å². The average Bonchev–Trinajstić information content (AvgIpc) is 3.22. The van der Waals surface area contributed by atoms with Crippen LogP contribution in [0.15, 0.2) is 65.3 Å². The Bertz CT molecular complexity index is 930. The van der Waals surface area contributed by atoms with Crippen LogP contribution in [0, 0.1) is 0 Å². The van der Waals surface area contributed by atoms with E-state index in [4.69, 9.17) is 13.9 Å². The van der Waals surface area contributed by atoms with Gasteiger partial charge in [0.05, 0.1) is 32.6 Å². The van der Waals surface area contributed by atoms with E-state index in [1.54, 1.807) is 31.4 Å². The Kier molecular flexibility index (Phi) is 4.46. The van der Waals surface area contributed by atoms with Crippen molar-refractivity contribution in [2.45, 2.75) is 12.7 Å². The number of nitrogens with zero attached hydrogens (tertiary/aromatic N) is 1. The van der Waals surface area contributed by atoms with Crippen LogP contribution in [0.1, 0.15) is 27.8 Å². The lowest BCUT2D eigenvalue weighted by molar-refractivity contribution is 0.0651. The predicted octanol–water partition coefficient (Wildman–Crippen LogP) is 4.06. The topological polar surface area (TPSA) is 63.9 Å². The maximum atomic E-state index is 13.2. The molecule has 0 spiro atoms. The fourth-order valence-corrected chi connectivity index (χ4v) is 3.28. The van der Waals surface area contributed by atoms with E-state index in [9.17, 15) is 4.79 Å². The molecule has 2 heterocycles. The Morgan fingerprint density at radius 1 is 1.04 bits per heavy atom. The number of nitrogens with one attached hydrogen (secondary N) is 1. The lowest BCUT2D eigenvalue weighted by atomic mass is 10.0. The Morgan fingerprint density at radius 3 is 2.44 bits per heavy atom. The highest BCUT2D eigenvalue weighted by molar-refractivity contribution is 6.01. The van der Waals surface area contributed by atoms with Crippen LogP contribution in [0.4, 0.5) is 5.69 Å². The van der Waals surface area contributed by atoms with Crippen LogP contribution >= 0.6 is 0 Å². The lowest BCUT2D eigenvalue weighted by Gasteiger charge is -2.38. The summed E-state index contributed by atoms with van der Waals surface area (Å²) < 4.78 is 16.3. The van der Waals surface area contributed by atoms with Crippen LogP contribution in [-0.2, 0) is 6.54 Å². The van der Waals surface area contributed by atoms with E-state index in [1.807, 2.05) is 48.5 Å². The fourth-order valence-electron chi connectivity index (χ4n) is 3.28. The van der Waals surface area contributed by atoms with E-state index in [2.05, 4.69) is 5.32 Å². The number of anilines is 1. The molecule has 0 saturated heterocycles. The van der Waals surface area contributed by atoms with E-state index in [-0.39, 0.29) is 12.1 Å². The fraction of sp³-hybridized carbons (Fsp3) is 0.190. The molecule has 0 aliphatic carbocycles. The van der Waals surface area contributed by atoms with Gasteiger partial charge in [-0.25, -0.2) is 0 Å². The van der Waals surface area contributed by atoms with Crippen molar-refractivity contribution in [3.63, 3.8) is 0 Å². The first kappa shape index (κ1) is 17.0. The number of ether oxygens (including phenoxy) is 2. The molecule has 4 rings (SSSR count). The van der Waals surface area contributed by atoms with Crippen molar-refractivity contribution in [1.29, 1.82) is 0 Å². The van der Waals surface area contributed by atoms with Gasteiger partial charge in [0, 0.05) is 17.3 Å². The van der Waals surface area contributed by atoms with Gasteiger partial charge in [0.2, 0.25) is 0 Å². The van der Waals surface area contributed by atoms with Crippen LogP contribution < -0.4 is 14.8 Å². The molecular weight excluding hydrogens is 344 g/mol. The summed E-state index contributed by atoms with van der Waals surface area (Å²) in [4.78, 5) is 15.0. The second kappa shape index (κ2) is 7.07. The van der Waals surface area contributed by atoms with Crippen molar-refractivity contribution >= 4 is 11.6 Å². The average molecular weight is 364 g/mol. The number of amides is 1. The number of methoxy groups -OCH3 is 2. The molecule has 3 aromatic rings. The normalized spacial score (nSPS) is 15.9. The van der Waals surface area contributed by atoms with Crippen molar-refractivity contribution in [3.8, 4) is 11.5 Å². The number of rotatable bonds is 5. The summed E-state index contributed by atoms with van der Waals surface area (Å²) in [6.07, 6.45) is 1.22. The van der Waals surface area contributed by atoms with Gasteiger partial charge in [-0.3, -0.25) is 4.79 Å². The molecule has 138 valence electrons. The van der Waals surface area contributed by atoms with Gasteiger partial charge < -0.3 is 24.1 Å². The SMILES string of the molecule is COc1cc(OC)cc([C@@H]2Nc3ccccc3C(=O)N2Cc2ccco2)c1. The zero-order valence-corrected chi connectivity index (χ0v) is 15.1. The molecule has 1 atom stereocenters. The predicted molar refractivity (Wildman–Crippen MR) is 101 cm³/mol. The van der Waals surface area contributed by atoms with Gasteiger partial charge in [0.25, 0.3) is 5.91 Å². The molecular formula is C21H20N2O4. The molecule has 0 fully saturated rings. The summed E-state index contributed by atoms with van der Waals surface area (Å²) in [6, 6.07) is 16.8. The van der Waals surface area contributed by atoms with E-state index < -0.39 is 0 Å². The number of hydrogen-bond acceptors (Lipinski definition) is 5. The molecule has 0 radical (unpaired) electrons. The highest BCUT2D eigenvalue weighted by Crippen LogP contribution is 2.36. The minimum atomic E-state index is -0.388. The third kappa shape index (κ3) is 3.21. The number of fused-ring (bicyclic) bond motifs is 1. The first-order valence-corrected chi connectivity index (χ1v) is 8.61. The van der Waals surface area contributed by atoms with Crippen molar-refractivity contribution in [2.24, 2.45) is 0 Å². The van der Waals surface area contributed by atoms with Gasteiger partial charge in [0.1, 0.15) is 23.4 Å². The second-order valence-electron chi connectivity index (χ2n) is 6.25. The highest BCUT2D eigenvalue weighted by atomic mass is 16.5. The van der Waals surface area contributed by atoms with E-state index in [0.717, 1.165) is 11.3 Å². The van der Waals surface area contributed by atoms with Gasteiger partial charge in [-0.1, -0.05) is 12.1 Å². The molecule has 1 aliphatic heterocycles. The Hall–Kier alpha value is -3.41. The summed E-state index contributed by atoms with van der Waals surface area (Å²) in [7, 11) is 3.21. The van der Waals surface area contributed by atoms with Crippen molar-refractivity contribution in [1.82, 2.24) is 4.90 Å². The Labute approximate surface area is 157 Å². The standard InChI is InChI=1S/C21H20N2O4/c1-25-16-10-14(11-17(12-16)26-2)20-22-19-8-4-3-7-18(19)21(24)23(20)13-15-6-5-9-27-15/h3-12,20,22H,13H2,1-2H3/t20-/m1/s1. The van der Waals surface area contributed by atoms with Gasteiger partial charge in [0.15, 0.2) is 0 Å². The molecule has 1 aromatic heterocycles. The van der Waals surface area contributed by atoms with Crippen molar-refractivity contribution in [3.05, 3.63) is 77.7 Å². The largest absolute Gasteiger partial charge is 0.497 e. The number of hydrogen-bond donors (Lipinski definition) is 1. The highest BCUT2D eigenvalue weighted by Gasteiger charge is 2.33. The number of furan rings is 1. The van der Waals surface area contributed by atoms with Gasteiger partial charge in [-0.2, -0.15) is 0 Å². The van der Waals surface area contributed by atoms with Gasteiger partial charge >= 0.3 is 0 Å². The molecule has 6 heteroatoms. The smallest absolute Gasteiger partial charge is 0.258 e. The van der Waals surface area contributed by atoms with Crippen LogP contribution in [0.2, 0.25) is 0 Å². The lowest BCUT2D eigenvalue weighted by Crippen LogP contribution is -2.42. The third-order valence-electron chi connectivity index (χ3n) is 4.62. The summed E-state index contributed by atoms with van der Waals surface area (Å²) in [5.74, 6) is 1.97. The van der Waals surface area contributed by atoms with E-state index in [1.165, 1.54) is 0 Å². The minimum Gasteiger partial charge on any atom is -0.497 e. The van der Waals surface area contributed by atoms with Crippen LogP contribution in [0.25, 0.3) is 0 Å². The summed E-state index contributed by atoms with van der Waals surface area (Å²) in [5.41, 5.74) is 2.29.